The molecule has 19 heavy (non-hydrogen) atoms. The highest BCUT2D eigenvalue weighted by atomic mass is 14.8. The van der Waals surface area contributed by atoms with Crippen LogP contribution in [0.5, 0.6) is 0 Å². The number of likely N-dealkylation sites (N-methyl/N-ethyl adjacent to an activating group) is 1. The zero-order valence-electron chi connectivity index (χ0n) is 14.6. The Kier molecular flexibility index (Phi) is 20.5. The molecule has 112 valence electrons. The molecule has 1 heteroatoms. The van der Waals surface area contributed by atoms with Crippen molar-refractivity contribution in [3.63, 3.8) is 0 Å². The van der Waals surface area contributed by atoms with Crippen molar-refractivity contribution >= 4 is 5.57 Å². The van der Waals surface area contributed by atoms with Crippen LogP contribution < -0.4 is 5.32 Å². The average Bonchev–Trinajstić information content (AvgIpc) is 2.45. The molecule has 0 fully saturated rings. The molecule has 0 heterocycles. The van der Waals surface area contributed by atoms with E-state index in [0.29, 0.717) is 0 Å². The van der Waals surface area contributed by atoms with Crippen LogP contribution in [-0.2, 0) is 0 Å². The summed E-state index contributed by atoms with van der Waals surface area (Å²) >= 11 is 0. The SMILES string of the molecule is C=C(CNC)c1c(C)cccc1C.CC.CC.CC. The first kappa shape index (κ1) is 23.0. The zero-order chi connectivity index (χ0) is 15.8. The van der Waals surface area contributed by atoms with Crippen LogP contribution >= 0.6 is 0 Å². The Hall–Kier alpha value is -1.08. The normalized spacial score (nSPS) is 7.84. The molecule has 0 amide bonds. The van der Waals surface area contributed by atoms with Gasteiger partial charge in [0.2, 0.25) is 0 Å². The molecule has 0 atom stereocenters. The first-order valence-corrected chi connectivity index (χ1v) is 7.55. The van der Waals surface area contributed by atoms with Crippen molar-refractivity contribution in [1.82, 2.24) is 5.32 Å². The molecule has 0 saturated carbocycles. The van der Waals surface area contributed by atoms with Crippen LogP contribution in [0.2, 0.25) is 0 Å². The van der Waals surface area contributed by atoms with Crippen molar-refractivity contribution in [2.75, 3.05) is 13.6 Å². The summed E-state index contributed by atoms with van der Waals surface area (Å²) in [4.78, 5) is 0. The fourth-order valence-electron chi connectivity index (χ4n) is 1.67. The van der Waals surface area contributed by atoms with Gasteiger partial charge in [-0.15, -0.1) is 0 Å². The summed E-state index contributed by atoms with van der Waals surface area (Å²) in [6.45, 7) is 21.2. The molecule has 1 N–H and O–H groups in total. The van der Waals surface area contributed by atoms with Gasteiger partial charge in [0.15, 0.2) is 0 Å². The van der Waals surface area contributed by atoms with E-state index in [1.165, 1.54) is 16.7 Å². The van der Waals surface area contributed by atoms with Crippen LogP contribution in [0, 0.1) is 13.8 Å². The molecule has 1 rings (SSSR count). The third-order valence-corrected chi connectivity index (χ3v) is 2.22. The van der Waals surface area contributed by atoms with Gasteiger partial charge < -0.3 is 5.32 Å². The van der Waals surface area contributed by atoms with Gasteiger partial charge in [0.05, 0.1) is 0 Å². The van der Waals surface area contributed by atoms with Crippen LogP contribution in [0.25, 0.3) is 5.57 Å². The topological polar surface area (TPSA) is 12.0 Å². The Morgan fingerprint density at radius 3 is 1.63 bits per heavy atom. The minimum Gasteiger partial charge on any atom is -0.316 e. The van der Waals surface area contributed by atoms with Crippen LogP contribution in [0.1, 0.15) is 58.2 Å². The van der Waals surface area contributed by atoms with E-state index in [4.69, 9.17) is 0 Å². The quantitative estimate of drug-likeness (QED) is 0.748. The van der Waals surface area contributed by atoms with E-state index in [1.807, 2.05) is 48.6 Å². The van der Waals surface area contributed by atoms with Crippen LogP contribution in [0.3, 0.4) is 0 Å². The van der Waals surface area contributed by atoms with Gasteiger partial charge in [-0.1, -0.05) is 66.3 Å². The molecule has 0 spiro atoms. The highest BCUT2D eigenvalue weighted by Gasteiger charge is 2.04. The van der Waals surface area contributed by atoms with E-state index in [0.717, 1.165) is 12.1 Å². The Labute approximate surface area is 122 Å². The summed E-state index contributed by atoms with van der Waals surface area (Å²) < 4.78 is 0. The van der Waals surface area contributed by atoms with Crippen LogP contribution in [-0.4, -0.2) is 13.6 Å². The van der Waals surface area contributed by atoms with Crippen molar-refractivity contribution in [1.29, 1.82) is 0 Å². The minimum atomic E-state index is 0.853. The summed E-state index contributed by atoms with van der Waals surface area (Å²) in [5, 5.41) is 3.12. The van der Waals surface area contributed by atoms with Crippen molar-refractivity contribution in [2.45, 2.75) is 55.4 Å². The van der Waals surface area contributed by atoms with Crippen LogP contribution in [0.4, 0.5) is 0 Å². The van der Waals surface area contributed by atoms with Crippen molar-refractivity contribution < 1.29 is 0 Å². The average molecular weight is 265 g/mol. The van der Waals surface area contributed by atoms with E-state index in [1.54, 1.807) is 0 Å². The Morgan fingerprint density at radius 1 is 0.947 bits per heavy atom. The summed E-state index contributed by atoms with van der Waals surface area (Å²) in [5.41, 5.74) is 5.08. The smallest absolute Gasteiger partial charge is 0.0202 e. The minimum absolute atomic E-state index is 0.853. The number of rotatable bonds is 3. The molecule has 1 nitrogen and oxygen atoms in total. The van der Waals surface area contributed by atoms with E-state index in [2.05, 4.69) is 43.9 Å². The van der Waals surface area contributed by atoms with Gasteiger partial charge >= 0.3 is 0 Å². The predicted molar refractivity (Wildman–Crippen MR) is 92.9 cm³/mol. The molecule has 0 aliphatic rings. The maximum absolute atomic E-state index is 4.07. The molecule has 0 unspecified atom stereocenters. The van der Waals surface area contributed by atoms with Gasteiger partial charge in [-0.25, -0.2) is 0 Å². The summed E-state index contributed by atoms with van der Waals surface area (Å²) in [7, 11) is 1.94. The predicted octanol–water partition coefficient (Wildman–Crippen LogP) is 5.61. The second-order valence-corrected chi connectivity index (χ2v) is 3.40. The van der Waals surface area contributed by atoms with Crippen molar-refractivity contribution in [3.05, 3.63) is 41.5 Å². The third-order valence-electron chi connectivity index (χ3n) is 2.22. The fraction of sp³-hybridized carbons (Fsp3) is 0.556. The highest BCUT2D eigenvalue weighted by molar-refractivity contribution is 5.70. The molecular weight excluding hydrogens is 230 g/mol. The lowest BCUT2D eigenvalue weighted by Gasteiger charge is -2.11. The van der Waals surface area contributed by atoms with Gasteiger partial charge in [0.25, 0.3) is 0 Å². The summed E-state index contributed by atoms with van der Waals surface area (Å²) in [6.07, 6.45) is 0. The molecule has 1 aromatic rings. The molecule has 0 radical (unpaired) electrons. The summed E-state index contributed by atoms with van der Waals surface area (Å²) in [6, 6.07) is 6.34. The number of hydrogen-bond donors (Lipinski definition) is 1. The van der Waals surface area contributed by atoms with Gasteiger partial charge in [-0.05, 0) is 43.2 Å². The van der Waals surface area contributed by atoms with Gasteiger partial charge in [0.1, 0.15) is 0 Å². The lowest BCUT2D eigenvalue weighted by molar-refractivity contribution is 0.930. The first-order chi connectivity index (χ1) is 9.16. The molecule has 1 aromatic carbocycles. The number of benzene rings is 1. The molecule has 0 aliphatic heterocycles. The highest BCUT2D eigenvalue weighted by Crippen LogP contribution is 2.20. The number of nitrogens with one attached hydrogen (secondary N) is 1. The zero-order valence-corrected chi connectivity index (χ0v) is 14.6. The van der Waals surface area contributed by atoms with Crippen molar-refractivity contribution in [3.8, 4) is 0 Å². The maximum atomic E-state index is 4.07. The van der Waals surface area contributed by atoms with Gasteiger partial charge in [-0.2, -0.15) is 0 Å². The fourth-order valence-corrected chi connectivity index (χ4v) is 1.67. The van der Waals surface area contributed by atoms with E-state index in [9.17, 15) is 0 Å². The van der Waals surface area contributed by atoms with Crippen molar-refractivity contribution in [2.24, 2.45) is 0 Å². The number of hydrogen-bond acceptors (Lipinski definition) is 1. The second kappa shape index (κ2) is 16.9. The largest absolute Gasteiger partial charge is 0.316 e. The maximum Gasteiger partial charge on any atom is 0.0202 e. The Balaban J connectivity index is -0.000000375. The Morgan fingerprint density at radius 2 is 1.32 bits per heavy atom. The van der Waals surface area contributed by atoms with Gasteiger partial charge in [-0.3, -0.25) is 0 Å². The molecule has 0 saturated heterocycles. The second-order valence-electron chi connectivity index (χ2n) is 3.40. The van der Waals surface area contributed by atoms with Crippen LogP contribution in [0.15, 0.2) is 24.8 Å². The van der Waals surface area contributed by atoms with E-state index >= 15 is 0 Å². The first-order valence-electron chi connectivity index (χ1n) is 7.55. The molecular formula is C18H35N. The van der Waals surface area contributed by atoms with E-state index in [-0.39, 0.29) is 0 Å². The molecule has 0 aliphatic carbocycles. The standard InChI is InChI=1S/C12H17N.3C2H6/c1-9-6-5-7-10(2)12(9)11(3)8-13-4;3*1-2/h5-7,13H,3,8H2,1-2,4H3;3*1-2H3. The number of aryl methyl sites for hydroxylation is 2. The lowest BCUT2D eigenvalue weighted by Crippen LogP contribution is -2.10. The van der Waals surface area contributed by atoms with Gasteiger partial charge in [0, 0.05) is 6.54 Å². The Bertz CT molecular complexity index is 293. The monoisotopic (exact) mass is 265 g/mol. The molecule has 0 aromatic heterocycles. The third kappa shape index (κ3) is 9.49. The van der Waals surface area contributed by atoms with E-state index < -0.39 is 0 Å². The molecule has 0 bridgehead atoms. The summed E-state index contributed by atoms with van der Waals surface area (Å²) in [5.74, 6) is 0. The lowest BCUT2D eigenvalue weighted by atomic mass is 9.97.